The van der Waals surface area contributed by atoms with Gasteiger partial charge in [0.1, 0.15) is 5.75 Å². The summed E-state index contributed by atoms with van der Waals surface area (Å²) in [5.41, 5.74) is 0.343. The number of benzene rings is 1. The molecule has 0 spiro atoms. The van der Waals surface area contributed by atoms with E-state index >= 15 is 0 Å². The molecular weight excluding hydrogens is 209 g/mol. The van der Waals surface area contributed by atoms with Gasteiger partial charge in [0.15, 0.2) is 0 Å². The van der Waals surface area contributed by atoms with Gasteiger partial charge < -0.3 is 5.11 Å². The number of phenolic OH excluding ortho intramolecular Hbond substituents is 1. The van der Waals surface area contributed by atoms with Crippen LogP contribution >= 0.6 is 0 Å². The highest BCUT2D eigenvalue weighted by molar-refractivity contribution is 5.84. The Morgan fingerprint density at radius 1 is 1.27 bits per heavy atom. The van der Waals surface area contributed by atoms with Crippen molar-refractivity contribution in [3.8, 4) is 5.75 Å². The zero-order valence-corrected chi connectivity index (χ0v) is 7.71. The SMILES string of the molecule is O=C(CCc1ccccc1O)C(F)(F)F. The van der Waals surface area contributed by atoms with Gasteiger partial charge in [0.2, 0.25) is 5.78 Å². The van der Waals surface area contributed by atoms with Crippen molar-refractivity contribution in [3.63, 3.8) is 0 Å². The van der Waals surface area contributed by atoms with E-state index in [1.165, 1.54) is 12.1 Å². The molecule has 15 heavy (non-hydrogen) atoms. The summed E-state index contributed by atoms with van der Waals surface area (Å²) in [6.45, 7) is 0. The third kappa shape index (κ3) is 3.27. The quantitative estimate of drug-likeness (QED) is 0.846. The number of carbonyl (C=O) groups is 1. The van der Waals surface area contributed by atoms with Crippen LogP contribution in [0, 0.1) is 0 Å². The van der Waals surface area contributed by atoms with Gasteiger partial charge in [-0.25, -0.2) is 0 Å². The van der Waals surface area contributed by atoms with E-state index in [-0.39, 0.29) is 12.2 Å². The number of halogens is 3. The lowest BCUT2D eigenvalue weighted by molar-refractivity contribution is -0.171. The van der Waals surface area contributed by atoms with E-state index in [2.05, 4.69) is 0 Å². The highest BCUT2D eigenvalue weighted by Crippen LogP contribution is 2.22. The minimum atomic E-state index is -4.79. The molecule has 0 unspecified atom stereocenters. The smallest absolute Gasteiger partial charge is 0.449 e. The van der Waals surface area contributed by atoms with Crippen molar-refractivity contribution in [3.05, 3.63) is 29.8 Å². The number of phenols is 1. The lowest BCUT2D eigenvalue weighted by Gasteiger charge is -2.05. The molecule has 0 saturated carbocycles. The highest BCUT2D eigenvalue weighted by atomic mass is 19.4. The Balaban J connectivity index is 2.59. The Morgan fingerprint density at radius 2 is 1.87 bits per heavy atom. The van der Waals surface area contributed by atoms with Gasteiger partial charge in [0.05, 0.1) is 0 Å². The zero-order valence-electron chi connectivity index (χ0n) is 7.71. The van der Waals surface area contributed by atoms with Gasteiger partial charge in [-0.05, 0) is 18.1 Å². The Hall–Kier alpha value is -1.52. The van der Waals surface area contributed by atoms with Crippen LogP contribution in [0.2, 0.25) is 0 Å². The van der Waals surface area contributed by atoms with E-state index in [1.807, 2.05) is 0 Å². The van der Waals surface area contributed by atoms with Gasteiger partial charge in [0.25, 0.3) is 0 Å². The first kappa shape index (κ1) is 11.6. The summed E-state index contributed by atoms with van der Waals surface area (Å²) < 4.78 is 35.5. The maximum atomic E-state index is 11.8. The Morgan fingerprint density at radius 3 is 2.40 bits per heavy atom. The summed E-state index contributed by atoms with van der Waals surface area (Å²) in [5, 5.41) is 9.23. The summed E-state index contributed by atoms with van der Waals surface area (Å²) in [6, 6.07) is 6.00. The number of ketones is 1. The molecule has 0 heterocycles. The third-order valence-corrected chi connectivity index (χ3v) is 1.93. The molecule has 82 valence electrons. The number of carbonyl (C=O) groups excluding carboxylic acids is 1. The lowest BCUT2D eigenvalue weighted by atomic mass is 10.1. The predicted molar refractivity (Wildman–Crippen MR) is 47.5 cm³/mol. The van der Waals surface area contributed by atoms with Crippen LogP contribution in [0.25, 0.3) is 0 Å². The van der Waals surface area contributed by atoms with Crippen LogP contribution in [0.15, 0.2) is 24.3 Å². The molecule has 0 aliphatic carbocycles. The van der Waals surface area contributed by atoms with Crippen LogP contribution in [-0.2, 0) is 11.2 Å². The van der Waals surface area contributed by atoms with E-state index in [0.29, 0.717) is 5.56 Å². The number of hydrogen-bond acceptors (Lipinski definition) is 2. The molecule has 1 N–H and O–H groups in total. The molecular formula is C10H9F3O2. The standard InChI is InChI=1S/C10H9F3O2/c11-10(12,13)9(15)6-5-7-3-1-2-4-8(7)14/h1-4,14H,5-6H2. The van der Waals surface area contributed by atoms with Crippen molar-refractivity contribution in [1.82, 2.24) is 0 Å². The lowest BCUT2D eigenvalue weighted by Crippen LogP contribution is -2.22. The van der Waals surface area contributed by atoms with E-state index in [1.54, 1.807) is 12.1 Å². The first-order valence-electron chi connectivity index (χ1n) is 4.28. The molecule has 1 aromatic carbocycles. The van der Waals surface area contributed by atoms with E-state index < -0.39 is 18.4 Å². The number of hydrogen-bond donors (Lipinski definition) is 1. The maximum absolute atomic E-state index is 11.8. The second-order valence-electron chi connectivity index (χ2n) is 3.05. The molecule has 0 radical (unpaired) electrons. The normalized spacial score (nSPS) is 11.4. The minimum Gasteiger partial charge on any atom is -0.508 e. The van der Waals surface area contributed by atoms with Gasteiger partial charge in [-0.1, -0.05) is 18.2 Å². The van der Waals surface area contributed by atoms with Crippen LogP contribution in [0.3, 0.4) is 0 Å². The number of rotatable bonds is 3. The topological polar surface area (TPSA) is 37.3 Å². The van der Waals surface area contributed by atoms with Crippen molar-refractivity contribution < 1.29 is 23.1 Å². The van der Waals surface area contributed by atoms with Gasteiger partial charge in [-0.2, -0.15) is 13.2 Å². The maximum Gasteiger partial charge on any atom is 0.449 e. The number of alkyl halides is 3. The predicted octanol–water partition coefficient (Wildman–Crippen LogP) is 2.46. The number of aryl methyl sites for hydroxylation is 1. The average Bonchev–Trinajstić information content (AvgIpc) is 2.14. The second kappa shape index (κ2) is 4.33. The van der Waals surface area contributed by atoms with E-state index in [4.69, 9.17) is 0 Å². The van der Waals surface area contributed by atoms with Gasteiger partial charge in [-0.3, -0.25) is 4.79 Å². The monoisotopic (exact) mass is 218 g/mol. The molecule has 0 bridgehead atoms. The van der Waals surface area contributed by atoms with Crippen molar-refractivity contribution in [1.29, 1.82) is 0 Å². The molecule has 2 nitrogen and oxygen atoms in total. The first-order chi connectivity index (χ1) is 6.91. The second-order valence-corrected chi connectivity index (χ2v) is 3.05. The summed E-state index contributed by atoms with van der Waals surface area (Å²) in [6.07, 6.45) is -5.53. The van der Waals surface area contributed by atoms with Crippen molar-refractivity contribution in [2.75, 3.05) is 0 Å². The highest BCUT2D eigenvalue weighted by Gasteiger charge is 2.37. The summed E-state index contributed by atoms with van der Waals surface area (Å²) in [5.74, 6) is -1.86. The van der Waals surface area contributed by atoms with Crippen molar-refractivity contribution in [2.45, 2.75) is 19.0 Å². The van der Waals surface area contributed by atoms with Crippen molar-refractivity contribution >= 4 is 5.78 Å². The summed E-state index contributed by atoms with van der Waals surface area (Å²) in [4.78, 5) is 10.5. The molecule has 0 aromatic heterocycles. The fourth-order valence-corrected chi connectivity index (χ4v) is 1.11. The molecule has 0 saturated heterocycles. The fraction of sp³-hybridized carbons (Fsp3) is 0.300. The van der Waals surface area contributed by atoms with Gasteiger partial charge in [0, 0.05) is 6.42 Å². The molecule has 0 atom stereocenters. The van der Waals surface area contributed by atoms with Crippen molar-refractivity contribution in [2.24, 2.45) is 0 Å². The molecule has 0 amide bonds. The molecule has 1 rings (SSSR count). The fourth-order valence-electron chi connectivity index (χ4n) is 1.11. The molecule has 0 fully saturated rings. The first-order valence-corrected chi connectivity index (χ1v) is 4.28. The summed E-state index contributed by atoms with van der Waals surface area (Å²) in [7, 11) is 0. The van der Waals surface area contributed by atoms with E-state index in [0.717, 1.165) is 0 Å². The number of Topliss-reactive ketones (excluding diaryl/α,β-unsaturated/α-hetero) is 1. The minimum absolute atomic E-state index is 0.0903. The third-order valence-electron chi connectivity index (χ3n) is 1.93. The largest absolute Gasteiger partial charge is 0.508 e. The molecule has 0 aliphatic heterocycles. The Kier molecular flexibility index (Phi) is 3.34. The Bertz CT molecular complexity index is 358. The zero-order chi connectivity index (χ0) is 11.5. The molecule has 5 heteroatoms. The van der Waals surface area contributed by atoms with Gasteiger partial charge >= 0.3 is 6.18 Å². The van der Waals surface area contributed by atoms with Crippen LogP contribution in [0.4, 0.5) is 13.2 Å². The molecule has 1 aromatic rings. The summed E-state index contributed by atoms with van der Waals surface area (Å²) >= 11 is 0. The van der Waals surface area contributed by atoms with Crippen LogP contribution < -0.4 is 0 Å². The number of para-hydroxylation sites is 1. The average molecular weight is 218 g/mol. The van der Waals surface area contributed by atoms with E-state index in [9.17, 15) is 23.1 Å². The molecule has 0 aliphatic rings. The van der Waals surface area contributed by atoms with Crippen LogP contribution in [-0.4, -0.2) is 17.1 Å². The number of aromatic hydroxyl groups is 1. The van der Waals surface area contributed by atoms with Crippen LogP contribution in [0.5, 0.6) is 5.75 Å². The van der Waals surface area contributed by atoms with Crippen LogP contribution in [0.1, 0.15) is 12.0 Å². The van der Waals surface area contributed by atoms with Gasteiger partial charge in [-0.15, -0.1) is 0 Å². The Labute approximate surface area is 84.3 Å².